The van der Waals surface area contributed by atoms with E-state index in [9.17, 15) is 9.90 Å². The monoisotopic (exact) mass is 351 g/mol. The molecule has 0 radical (unpaired) electrons. The van der Waals surface area contributed by atoms with Crippen molar-refractivity contribution < 1.29 is 9.90 Å². The number of nitrogens with zero attached hydrogens (tertiary/aromatic N) is 1. The van der Waals surface area contributed by atoms with E-state index in [2.05, 4.69) is 4.98 Å². The van der Waals surface area contributed by atoms with Gasteiger partial charge in [-0.1, -0.05) is 46.9 Å². The van der Waals surface area contributed by atoms with Gasteiger partial charge in [0.15, 0.2) is 0 Å². The van der Waals surface area contributed by atoms with Gasteiger partial charge in [-0.15, -0.1) is 0 Å². The molecular formula is C16H8Cl3NO2. The molecule has 1 heterocycles. The van der Waals surface area contributed by atoms with E-state index < -0.39 is 5.97 Å². The van der Waals surface area contributed by atoms with Crippen molar-refractivity contribution in [2.75, 3.05) is 0 Å². The molecule has 3 nitrogen and oxygen atoms in total. The van der Waals surface area contributed by atoms with Crippen molar-refractivity contribution in [2.24, 2.45) is 0 Å². The maximum Gasteiger partial charge on any atom is 0.336 e. The minimum atomic E-state index is -1.09. The van der Waals surface area contributed by atoms with E-state index in [1.807, 2.05) is 0 Å². The third-order valence-electron chi connectivity index (χ3n) is 3.23. The van der Waals surface area contributed by atoms with Crippen LogP contribution >= 0.6 is 34.8 Å². The van der Waals surface area contributed by atoms with E-state index in [0.717, 1.165) is 5.56 Å². The van der Waals surface area contributed by atoms with Crippen molar-refractivity contribution in [3.05, 3.63) is 63.1 Å². The molecule has 110 valence electrons. The van der Waals surface area contributed by atoms with Crippen LogP contribution in [0.1, 0.15) is 10.4 Å². The molecule has 3 rings (SSSR count). The minimum Gasteiger partial charge on any atom is -0.478 e. The Kier molecular flexibility index (Phi) is 3.96. The van der Waals surface area contributed by atoms with E-state index in [1.165, 1.54) is 6.07 Å². The minimum absolute atomic E-state index is 0.0578. The first-order valence-corrected chi connectivity index (χ1v) is 7.39. The van der Waals surface area contributed by atoms with Crippen LogP contribution in [0.15, 0.2) is 42.5 Å². The van der Waals surface area contributed by atoms with Gasteiger partial charge < -0.3 is 5.11 Å². The molecule has 0 saturated heterocycles. The number of hydrogen-bond acceptors (Lipinski definition) is 2. The van der Waals surface area contributed by atoms with Crippen molar-refractivity contribution >= 4 is 51.7 Å². The summed E-state index contributed by atoms with van der Waals surface area (Å²) >= 11 is 18.1. The Bertz CT molecular complexity index is 892. The smallest absolute Gasteiger partial charge is 0.336 e. The summed E-state index contributed by atoms with van der Waals surface area (Å²) in [6.07, 6.45) is 0. The predicted molar refractivity (Wildman–Crippen MR) is 89.2 cm³/mol. The molecule has 0 aliphatic heterocycles. The molecule has 0 unspecified atom stereocenters. The maximum absolute atomic E-state index is 11.6. The van der Waals surface area contributed by atoms with Crippen LogP contribution in [-0.4, -0.2) is 16.1 Å². The molecule has 1 N–H and O–H groups in total. The fraction of sp³-hybridized carbons (Fsp3) is 0. The average molecular weight is 353 g/mol. The molecule has 6 heteroatoms. The van der Waals surface area contributed by atoms with Crippen molar-refractivity contribution in [1.29, 1.82) is 0 Å². The van der Waals surface area contributed by atoms with Gasteiger partial charge in [0.1, 0.15) is 0 Å². The predicted octanol–water partition coefficient (Wildman–Crippen LogP) is 5.56. The summed E-state index contributed by atoms with van der Waals surface area (Å²) in [5.74, 6) is -1.09. The molecule has 0 fully saturated rings. The van der Waals surface area contributed by atoms with Gasteiger partial charge >= 0.3 is 5.97 Å². The number of halogens is 3. The van der Waals surface area contributed by atoms with Gasteiger partial charge in [-0.3, -0.25) is 0 Å². The molecular weight excluding hydrogens is 345 g/mol. The number of aromatic nitrogens is 1. The van der Waals surface area contributed by atoms with Gasteiger partial charge in [0.05, 0.1) is 26.8 Å². The fourth-order valence-corrected chi connectivity index (χ4v) is 2.79. The van der Waals surface area contributed by atoms with E-state index >= 15 is 0 Å². The number of carboxylic acid groups (broad SMARTS) is 1. The number of benzene rings is 2. The lowest BCUT2D eigenvalue weighted by Crippen LogP contribution is -2.01. The van der Waals surface area contributed by atoms with Crippen LogP contribution in [0.5, 0.6) is 0 Å². The normalized spacial score (nSPS) is 10.9. The number of aromatic carboxylic acids is 1. The van der Waals surface area contributed by atoms with Crippen LogP contribution in [0.25, 0.3) is 22.2 Å². The molecule has 0 amide bonds. The summed E-state index contributed by atoms with van der Waals surface area (Å²) in [5.41, 5.74) is 1.65. The van der Waals surface area contributed by atoms with E-state index in [0.29, 0.717) is 31.7 Å². The van der Waals surface area contributed by atoms with Gasteiger partial charge in [0.25, 0.3) is 0 Å². The summed E-state index contributed by atoms with van der Waals surface area (Å²) in [6, 6.07) is 11.6. The highest BCUT2D eigenvalue weighted by Crippen LogP contribution is 2.34. The third kappa shape index (κ3) is 2.63. The lowest BCUT2D eigenvalue weighted by atomic mass is 10.0. The molecule has 2 aromatic carbocycles. The van der Waals surface area contributed by atoms with Gasteiger partial charge in [0, 0.05) is 16.0 Å². The molecule has 0 spiro atoms. The Morgan fingerprint density at radius 2 is 1.59 bits per heavy atom. The Morgan fingerprint density at radius 3 is 2.23 bits per heavy atom. The maximum atomic E-state index is 11.6. The largest absolute Gasteiger partial charge is 0.478 e. The quantitative estimate of drug-likeness (QED) is 0.657. The second-order valence-corrected chi connectivity index (χ2v) is 5.87. The van der Waals surface area contributed by atoms with E-state index in [1.54, 1.807) is 36.4 Å². The molecule has 1 aromatic heterocycles. The molecule has 22 heavy (non-hydrogen) atoms. The van der Waals surface area contributed by atoms with Crippen LogP contribution in [0, 0.1) is 0 Å². The zero-order valence-corrected chi connectivity index (χ0v) is 13.2. The number of fused-ring (bicyclic) bond motifs is 1. The number of pyridine rings is 1. The second kappa shape index (κ2) is 5.76. The third-order valence-corrected chi connectivity index (χ3v) is 4.10. The van der Waals surface area contributed by atoms with Crippen molar-refractivity contribution in [3.63, 3.8) is 0 Å². The SMILES string of the molecule is O=C(O)c1cc(-c2ccc(Cl)cc2)nc2c(Cl)ccc(Cl)c12. The summed E-state index contributed by atoms with van der Waals surface area (Å²) in [6.45, 7) is 0. The molecule has 0 atom stereocenters. The first kappa shape index (κ1) is 15.1. The molecule has 0 bridgehead atoms. The van der Waals surface area contributed by atoms with Crippen LogP contribution in [-0.2, 0) is 0 Å². The van der Waals surface area contributed by atoms with Crippen LogP contribution in [0.4, 0.5) is 0 Å². The highest BCUT2D eigenvalue weighted by Gasteiger charge is 2.17. The number of rotatable bonds is 2. The lowest BCUT2D eigenvalue weighted by Gasteiger charge is -2.10. The highest BCUT2D eigenvalue weighted by atomic mass is 35.5. The Hall–Kier alpha value is -1.81. The van der Waals surface area contributed by atoms with Gasteiger partial charge in [-0.05, 0) is 30.3 Å². The topological polar surface area (TPSA) is 50.2 Å². The Labute approximate surface area is 141 Å². The Balaban J connectivity index is 2.36. The molecule has 0 aliphatic rings. The summed E-state index contributed by atoms with van der Waals surface area (Å²) in [5, 5.41) is 11.0. The standard InChI is InChI=1S/C16H8Cl3NO2/c17-9-3-1-8(2-4-9)13-7-10(16(21)22)14-11(18)5-6-12(19)15(14)20-13/h1-7H,(H,21,22). The van der Waals surface area contributed by atoms with Gasteiger partial charge in [0.2, 0.25) is 0 Å². The lowest BCUT2D eigenvalue weighted by molar-refractivity contribution is 0.0699. The van der Waals surface area contributed by atoms with Crippen molar-refractivity contribution in [2.45, 2.75) is 0 Å². The van der Waals surface area contributed by atoms with Gasteiger partial charge in [-0.25, -0.2) is 9.78 Å². The summed E-state index contributed by atoms with van der Waals surface area (Å²) < 4.78 is 0. The fourth-order valence-electron chi connectivity index (χ4n) is 2.21. The average Bonchev–Trinajstić information content (AvgIpc) is 2.50. The van der Waals surface area contributed by atoms with Crippen molar-refractivity contribution in [1.82, 2.24) is 4.98 Å². The van der Waals surface area contributed by atoms with Crippen LogP contribution < -0.4 is 0 Å². The zero-order valence-electron chi connectivity index (χ0n) is 11.0. The molecule has 3 aromatic rings. The first-order chi connectivity index (χ1) is 10.5. The molecule has 0 saturated carbocycles. The molecule has 0 aliphatic carbocycles. The number of carbonyl (C=O) groups is 1. The van der Waals surface area contributed by atoms with Gasteiger partial charge in [-0.2, -0.15) is 0 Å². The van der Waals surface area contributed by atoms with Crippen LogP contribution in [0.3, 0.4) is 0 Å². The number of hydrogen-bond donors (Lipinski definition) is 1. The summed E-state index contributed by atoms with van der Waals surface area (Å²) in [7, 11) is 0. The highest BCUT2D eigenvalue weighted by molar-refractivity contribution is 6.41. The number of carboxylic acids is 1. The van der Waals surface area contributed by atoms with E-state index in [-0.39, 0.29) is 5.56 Å². The van der Waals surface area contributed by atoms with E-state index in [4.69, 9.17) is 34.8 Å². The zero-order chi connectivity index (χ0) is 15.9. The van der Waals surface area contributed by atoms with Crippen molar-refractivity contribution in [3.8, 4) is 11.3 Å². The Morgan fingerprint density at radius 1 is 0.955 bits per heavy atom. The summed E-state index contributed by atoms with van der Waals surface area (Å²) in [4.78, 5) is 16.0. The first-order valence-electron chi connectivity index (χ1n) is 6.25. The van der Waals surface area contributed by atoms with Crippen LogP contribution in [0.2, 0.25) is 15.1 Å². The second-order valence-electron chi connectivity index (χ2n) is 4.62.